The van der Waals surface area contributed by atoms with Gasteiger partial charge in [-0.1, -0.05) is 58.3 Å². The molecular formula is C17H36ClN. The molecule has 0 bridgehead atoms. The molecule has 116 valence electrons. The van der Waals surface area contributed by atoms with Crippen LogP contribution in [0.15, 0.2) is 12.3 Å². The van der Waals surface area contributed by atoms with Crippen molar-refractivity contribution in [1.82, 2.24) is 0 Å². The molecule has 0 aromatic heterocycles. The fourth-order valence-corrected chi connectivity index (χ4v) is 2.48. The molecule has 0 saturated carbocycles. The van der Waals surface area contributed by atoms with Crippen LogP contribution in [-0.4, -0.2) is 25.1 Å². The van der Waals surface area contributed by atoms with Crippen molar-refractivity contribution < 1.29 is 16.9 Å². The summed E-state index contributed by atoms with van der Waals surface area (Å²) in [4.78, 5) is 0. The summed E-state index contributed by atoms with van der Waals surface area (Å²) in [7, 11) is 4.57. The number of quaternary nitrogens is 1. The van der Waals surface area contributed by atoms with Crippen LogP contribution in [0.2, 0.25) is 0 Å². The van der Waals surface area contributed by atoms with Crippen molar-refractivity contribution in [2.75, 3.05) is 20.6 Å². The lowest BCUT2D eigenvalue weighted by atomic mass is 10.1. The highest BCUT2D eigenvalue weighted by Gasteiger charge is 2.08. The van der Waals surface area contributed by atoms with Crippen molar-refractivity contribution in [3.63, 3.8) is 0 Å². The van der Waals surface area contributed by atoms with Crippen LogP contribution in [0.4, 0.5) is 0 Å². The quantitative estimate of drug-likeness (QED) is 0.383. The Labute approximate surface area is 128 Å². The highest BCUT2D eigenvalue weighted by Crippen LogP contribution is 2.11. The lowest BCUT2D eigenvalue weighted by Gasteiger charge is -2.24. The normalized spacial score (nSPS) is 11.8. The molecular weight excluding hydrogens is 254 g/mol. The number of allylic oxidation sites excluding steroid dienone is 1. The van der Waals surface area contributed by atoms with Gasteiger partial charge in [-0.15, -0.1) is 0 Å². The zero-order valence-electron chi connectivity index (χ0n) is 13.8. The Morgan fingerprint density at radius 1 is 0.737 bits per heavy atom. The number of nitrogens with zero attached hydrogens (tertiary/aromatic N) is 1. The van der Waals surface area contributed by atoms with Crippen LogP contribution in [-0.2, 0) is 0 Å². The van der Waals surface area contributed by atoms with Gasteiger partial charge in [0.2, 0.25) is 0 Å². The minimum atomic E-state index is 0. The summed E-state index contributed by atoms with van der Waals surface area (Å²) < 4.78 is 1.04. The number of halogens is 1. The van der Waals surface area contributed by atoms with Gasteiger partial charge in [-0.25, -0.2) is 0 Å². The van der Waals surface area contributed by atoms with E-state index in [1.807, 2.05) is 0 Å². The van der Waals surface area contributed by atoms with Crippen LogP contribution in [0.25, 0.3) is 0 Å². The molecule has 0 rings (SSSR count). The van der Waals surface area contributed by atoms with Crippen LogP contribution in [0.1, 0.15) is 78.1 Å². The second-order valence-corrected chi connectivity index (χ2v) is 6.17. The average Bonchev–Trinajstić information content (AvgIpc) is 2.31. The fourth-order valence-electron chi connectivity index (χ4n) is 2.48. The zero-order chi connectivity index (χ0) is 13.7. The zero-order valence-corrected chi connectivity index (χ0v) is 14.5. The molecule has 0 radical (unpaired) electrons. The molecule has 0 unspecified atom stereocenters. The molecule has 0 atom stereocenters. The Bertz CT molecular complexity index is 199. The number of hydrogen-bond donors (Lipinski definition) is 0. The maximum Gasteiger partial charge on any atom is 0.0911 e. The summed E-state index contributed by atoms with van der Waals surface area (Å²) >= 11 is 0. The molecule has 0 amide bonds. The lowest BCUT2D eigenvalue weighted by Crippen LogP contribution is -3.00. The van der Waals surface area contributed by atoms with Gasteiger partial charge in [-0.05, 0) is 25.8 Å². The van der Waals surface area contributed by atoms with E-state index in [1.54, 1.807) is 0 Å². The van der Waals surface area contributed by atoms with E-state index in [2.05, 4.69) is 40.2 Å². The number of unbranched alkanes of at least 4 members (excludes halogenated alkanes) is 9. The molecule has 0 spiro atoms. The smallest absolute Gasteiger partial charge is 0.0911 e. The van der Waals surface area contributed by atoms with Crippen LogP contribution < -0.4 is 12.4 Å². The molecule has 0 N–H and O–H groups in total. The standard InChI is InChI=1S/C17H36N.ClH/c1-5-7-8-9-10-11-12-13-14-15-17-18(3,4)16-6-2;/h6,16H,5,7-15,17H2,1-4H3;1H/q+1;/p-1. The van der Waals surface area contributed by atoms with Gasteiger partial charge < -0.3 is 16.9 Å². The molecule has 0 aliphatic carbocycles. The summed E-state index contributed by atoms with van der Waals surface area (Å²) in [6.45, 7) is 5.67. The minimum Gasteiger partial charge on any atom is -1.00 e. The van der Waals surface area contributed by atoms with Gasteiger partial charge in [0.05, 0.1) is 26.8 Å². The number of rotatable bonds is 12. The van der Waals surface area contributed by atoms with Gasteiger partial charge in [0.25, 0.3) is 0 Å². The fraction of sp³-hybridized carbons (Fsp3) is 0.882. The molecule has 1 nitrogen and oxygen atoms in total. The van der Waals surface area contributed by atoms with Crippen molar-refractivity contribution in [2.24, 2.45) is 0 Å². The largest absolute Gasteiger partial charge is 1.00 e. The highest BCUT2D eigenvalue weighted by molar-refractivity contribution is 4.66. The van der Waals surface area contributed by atoms with Gasteiger partial charge in [0, 0.05) is 0 Å². The SMILES string of the molecule is CC=C[N+](C)(C)CCCCCCCCCCCC.[Cl-]. The Balaban J connectivity index is 0. The summed E-state index contributed by atoms with van der Waals surface area (Å²) in [5, 5.41) is 0. The van der Waals surface area contributed by atoms with Gasteiger partial charge >= 0.3 is 0 Å². The van der Waals surface area contributed by atoms with Crippen molar-refractivity contribution in [1.29, 1.82) is 0 Å². The van der Waals surface area contributed by atoms with Gasteiger partial charge in [0.15, 0.2) is 0 Å². The van der Waals surface area contributed by atoms with Crippen LogP contribution in [0.3, 0.4) is 0 Å². The molecule has 0 heterocycles. The van der Waals surface area contributed by atoms with Crippen molar-refractivity contribution in [2.45, 2.75) is 78.1 Å². The summed E-state index contributed by atoms with van der Waals surface area (Å²) in [5.74, 6) is 0. The van der Waals surface area contributed by atoms with Gasteiger partial charge in [-0.3, -0.25) is 0 Å². The first-order valence-corrected chi connectivity index (χ1v) is 8.09. The van der Waals surface area contributed by atoms with Gasteiger partial charge in [0.1, 0.15) is 0 Å². The van der Waals surface area contributed by atoms with Crippen molar-refractivity contribution in [3.8, 4) is 0 Å². The van der Waals surface area contributed by atoms with E-state index < -0.39 is 0 Å². The molecule has 0 aromatic carbocycles. The second kappa shape index (κ2) is 14.4. The Hall–Kier alpha value is -0.0100. The maximum atomic E-state index is 2.29. The molecule has 2 heteroatoms. The molecule has 0 aromatic rings. The van der Waals surface area contributed by atoms with E-state index in [-0.39, 0.29) is 12.4 Å². The molecule has 0 aliphatic rings. The highest BCUT2D eigenvalue weighted by atomic mass is 35.5. The van der Waals surface area contributed by atoms with E-state index in [1.165, 1.54) is 70.8 Å². The maximum absolute atomic E-state index is 2.29. The predicted molar refractivity (Wildman–Crippen MR) is 83.6 cm³/mol. The summed E-state index contributed by atoms with van der Waals surface area (Å²) in [6, 6.07) is 0. The molecule has 0 fully saturated rings. The topological polar surface area (TPSA) is 0 Å². The first kappa shape index (κ1) is 21.3. The predicted octanol–water partition coefficient (Wildman–Crippen LogP) is 2.52. The van der Waals surface area contributed by atoms with E-state index in [4.69, 9.17) is 0 Å². The minimum absolute atomic E-state index is 0. The molecule has 19 heavy (non-hydrogen) atoms. The third-order valence-electron chi connectivity index (χ3n) is 3.64. The van der Waals surface area contributed by atoms with E-state index in [0.29, 0.717) is 0 Å². The lowest BCUT2D eigenvalue weighted by molar-refractivity contribution is -0.839. The number of hydrogen-bond acceptors (Lipinski definition) is 0. The second-order valence-electron chi connectivity index (χ2n) is 6.17. The van der Waals surface area contributed by atoms with E-state index in [9.17, 15) is 0 Å². The first-order valence-electron chi connectivity index (χ1n) is 8.09. The molecule has 0 aliphatic heterocycles. The van der Waals surface area contributed by atoms with E-state index in [0.717, 1.165) is 4.48 Å². The van der Waals surface area contributed by atoms with Crippen molar-refractivity contribution >= 4 is 0 Å². The monoisotopic (exact) mass is 289 g/mol. The third kappa shape index (κ3) is 15.9. The average molecular weight is 290 g/mol. The van der Waals surface area contributed by atoms with Crippen molar-refractivity contribution in [3.05, 3.63) is 12.3 Å². The van der Waals surface area contributed by atoms with Crippen LogP contribution in [0.5, 0.6) is 0 Å². The van der Waals surface area contributed by atoms with Crippen LogP contribution >= 0.6 is 0 Å². The third-order valence-corrected chi connectivity index (χ3v) is 3.64. The Kier molecular flexibility index (Phi) is 16.1. The Morgan fingerprint density at radius 3 is 1.58 bits per heavy atom. The van der Waals surface area contributed by atoms with Gasteiger partial charge in [-0.2, -0.15) is 0 Å². The van der Waals surface area contributed by atoms with Crippen LogP contribution in [0, 0.1) is 0 Å². The van der Waals surface area contributed by atoms with E-state index >= 15 is 0 Å². The summed E-state index contributed by atoms with van der Waals surface area (Å²) in [6.07, 6.45) is 18.7. The Morgan fingerprint density at radius 2 is 1.16 bits per heavy atom. The molecule has 0 saturated heterocycles. The summed E-state index contributed by atoms with van der Waals surface area (Å²) in [5.41, 5.74) is 0. The first-order chi connectivity index (χ1) is 8.62.